The highest BCUT2D eigenvalue weighted by Gasteiger charge is 2.13. The molecule has 0 saturated carbocycles. The average Bonchev–Trinajstić information content (AvgIpc) is 2.36. The molecular weight excluding hydrogens is 252 g/mol. The lowest BCUT2D eigenvalue weighted by Crippen LogP contribution is -2.29. The normalized spacial score (nSPS) is 11.8. The molecule has 1 aromatic heterocycles. The molecule has 0 aliphatic carbocycles. The fourth-order valence-electron chi connectivity index (χ4n) is 0.494. The Kier molecular flexibility index (Phi) is 2.66. The van der Waals surface area contributed by atoms with E-state index in [4.69, 9.17) is 5.84 Å². The Balaban J connectivity index is 3.13. The van der Waals surface area contributed by atoms with Crippen LogP contribution in [0.3, 0.4) is 0 Å². The molecule has 0 atom stereocenters. The van der Waals surface area contributed by atoms with E-state index in [1.54, 1.807) is 10.2 Å². The third-order valence-electron chi connectivity index (χ3n) is 0.963. The van der Waals surface area contributed by atoms with Crippen molar-refractivity contribution in [2.75, 3.05) is 0 Å². The molecule has 62 valence electrons. The molecule has 0 saturated heterocycles. The van der Waals surface area contributed by atoms with Gasteiger partial charge in [-0.1, -0.05) is 0 Å². The van der Waals surface area contributed by atoms with Crippen LogP contribution in [-0.2, 0) is 10.0 Å². The van der Waals surface area contributed by atoms with Crippen molar-refractivity contribution in [3.8, 4) is 0 Å². The minimum absolute atomic E-state index is 0.201. The zero-order valence-corrected chi connectivity index (χ0v) is 8.46. The lowest BCUT2D eigenvalue weighted by Gasteiger charge is -1.94. The Morgan fingerprint density at radius 3 is 2.64 bits per heavy atom. The number of hydrogen-bond acceptors (Lipinski definition) is 4. The number of thiophene rings is 1. The molecule has 0 fully saturated rings. The Labute approximate surface area is 76.6 Å². The van der Waals surface area contributed by atoms with Crippen LogP contribution in [0.1, 0.15) is 0 Å². The number of hydrogen-bond donors (Lipinski definition) is 2. The van der Waals surface area contributed by atoms with E-state index in [2.05, 4.69) is 15.9 Å². The Morgan fingerprint density at radius 2 is 2.27 bits per heavy atom. The molecule has 0 aromatic carbocycles. The van der Waals surface area contributed by atoms with Gasteiger partial charge in [-0.05, 0) is 22.0 Å². The summed E-state index contributed by atoms with van der Waals surface area (Å²) in [6.45, 7) is 0. The predicted molar refractivity (Wildman–Crippen MR) is 46.5 cm³/mol. The molecule has 0 aliphatic heterocycles. The minimum Gasteiger partial charge on any atom is -0.257 e. The van der Waals surface area contributed by atoms with Gasteiger partial charge in [0.05, 0.1) is 0 Å². The summed E-state index contributed by atoms with van der Waals surface area (Å²) >= 11 is 4.23. The summed E-state index contributed by atoms with van der Waals surface area (Å²) in [7, 11) is -3.46. The van der Waals surface area contributed by atoms with Crippen molar-refractivity contribution in [2.45, 2.75) is 4.21 Å². The van der Waals surface area contributed by atoms with Gasteiger partial charge in [0.25, 0.3) is 10.0 Å². The summed E-state index contributed by atoms with van der Waals surface area (Å²) in [5, 5.41) is 1.67. The summed E-state index contributed by atoms with van der Waals surface area (Å²) in [4.78, 5) is 1.73. The zero-order chi connectivity index (χ0) is 8.48. The summed E-state index contributed by atoms with van der Waals surface area (Å²) in [6, 6.07) is 1.49. The van der Waals surface area contributed by atoms with Crippen LogP contribution < -0.4 is 10.7 Å². The van der Waals surface area contributed by atoms with Crippen LogP contribution in [0.25, 0.3) is 0 Å². The van der Waals surface area contributed by atoms with Crippen LogP contribution in [0.4, 0.5) is 0 Å². The molecule has 0 spiro atoms. The van der Waals surface area contributed by atoms with Gasteiger partial charge in [-0.25, -0.2) is 8.42 Å². The van der Waals surface area contributed by atoms with Crippen LogP contribution >= 0.6 is 27.3 Å². The molecule has 1 heterocycles. The van der Waals surface area contributed by atoms with E-state index in [-0.39, 0.29) is 4.21 Å². The van der Waals surface area contributed by atoms with Crippen LogP contribution in [0, 0.1) is 0 Å². The van der Waals surface area contributed by atoms with Crippen LogP contribution in [0.15, 0.2) is 20.1 Å². The molecule has 0 aliphatic rings. The van der Waals surface area contributed by atoms with E-state index in [1.807, 2.05) is 0 Å². The first-order valence-electron chi connectivity index (χ1n) is 2.53. The maximum atomic E-state index is 11.0. The second kappa shape index (κ2) is 3.20. The van der Waals surface area contributed by atoms with E-state index in [0.717, 1.165) is 15.8 Å². The second-order valence-corrected chi connectivity index (χ2v) is 5.47. The summed E-state index contributed by atoms with van der Waals surface area (Å²) < 4.78 is 22.9. The number of sulfonamides is 1. The molecule has 1 rings (SSSR count). The summed E-state index contributed by atoms with van der Waals surface area (Å²) in [6.07, 6.45) is 0. The Morgan fingerprint density at radius 1 is 1.64 bits per heavy atom. The number of rotatable bonds is 2. The van der Waals surface area contributed by atoms with Crippen molar-refractivity contribution in [3.05, 3.63) is 15.9 Å². The molecule has 0 amide bonds. The average molecular weight is 257 g/mol. The van der Waals surface area contributed by atoms with Gasteiger partial charge < -0.3 is 0 Å². The van der Waals surface area contributed by atoms with Crippen molar-refractivity contribution in [3.63, 3.8) is 0 Å². The highest BCUT2D eigenvalue weighted by molar-refractivity contribution is 9.10. The molecule has 7 heteroatoms. The number of hydrazine groups is 1. The summed E-state index contributed by atoms with van der Waals surface area (Å²) in [5.41, 5.74) is 0. The topological polar surface area (TPSA) is 72.2 Å². The number of nitrogens with one attached hydrogen (secondary N) is 1. The van der Waals surface area contributed by atoms with E-state index in [1.165, 1.54) is 6.07 Å². The van der Waals surface area contributed by atoms with Gasteiger partial charge >= 0.3 is 0 Å². The van der Waals surface area contributed by atoms with E-state index in [9.17, 15) is 8.42 Å². The third kappa shape index (κ3) is 2.00. The minimum atomic E-state index is -3.46. The molecular formula is C4H5BrN2O2S2. The van der Waals surface area contributed by atoms with Gasteiger partial charge in [0, 0.05) is 9.85 Å². The zero-order valence-electron chi connectivity index (χ0n) is 5.24. The highest BCUT2D eigenvalue weighted by Crippen LogP contribution is 2.23. The predicted octanol–water partition coefficient (Wildman–Crippen LogP) is 0.663. The largest absolute Gasteiger partial charge is 0.262 e. The lowest BCUT2D eigenvalue weighted by atomic mass is 10.7. The van der Waals surface area contributed by atoms with Gasteiger partial charge in [0.1, 0.15) is 4.21 Å². The first kappa shape index (κ1) is 9.14. The Bertz CT molecular complexity index is 345. The van der Waals surface area contributed by atoms with Crippen molar-refractivity contribution in [1.82, 2.24) is 4.83 Å². The van der Waals surface area contributed by atoms with Gasteiger partial charge in [-0.3, -0.25) is 5.84 Å². The van der Waals surface area contributed by atoms with E-state index >= 15 is 0 Å². The Hall–Kier alpha value is 0.0500. The van der Waals surface area contributed by atoms with Crippen molar-refractivity contribution in [1.29, 1.82) is 0 Å². The van der Waals surface area contributed by atoms with Crippen LogP contribution in [0.2, 0.25) is 0 Å². The SMILES string of the molecule is NNS(=O)(=O)c1cc(Br)cs1. The van der Waals surface area contributed by atoms with E-state index < -0.39 is 10.0 Å². The molecule has 0 radical (unpaired) electrons. The first-order chi connectivity index (χ1) is 5.06. The van der Waals surface area contributed by atoms with Crippen molar-refractivity contribution >= 4 is 37.3 Å². The quantitative estimate of drug-likeness (QED) is 0.604. The van der Waals surface area contributed by atoms with Crippen LogP contribution in [-0.4, -0.2) is 8.42 Å². The molecule has 4 nitrogen and oxygen atoms in total. The standard InChI is InChI=1S/C4H5BrN2O2S2/c5-3-1-4(10-2-3)11(8,9)7-6/h1-2,7H,6H2. The molecule has 1 aromatic rings. The van der Waals surface area contributed by atoms with E-state index in [0.29, 0.717) is 0 Å². The molecule has 11 heavy (non-hydrogen) atoms. The van der Waals surface area contributed by atoms with Crippen LogP contribution in [0.5, 0.6) is 0 Å². The smallest absolute Gasteiger partial charge is 0.257 e. The van der Waals surface area contributed by atoms with Crippen molar-refractivity contribution < 1.29 is 8.42 Å². The number of nitrogens with two attached hydrogens (primary N) is 1. The molecule has 0 bridgehead atoms. The first-order valence-corrected chi connectivity index (χ1v) is 5.68. The fourth-order valence-corrected chi connectivity index (χ4v) is 2.99. The summed E-state index contributed by atoms with van der Waals surface area (Å²) in [5.74, 6) is 4.80. The lowest BCUT2D eigenvalue weighted by molar-refractivity contribution is 0.586. The van der Waals surface area contributed by atoms with Gasteiger partial charge in [0.2, 0.25) is 0 Å². The van der Waals surface area contributed by atoms with Gasteiger partial charge in [-0.2, -0.15) is 0 Å². The maximum absolute atomic E-state index is 11.0. The van der Waals surface area contributed by atoms with Gasteiger partial charge in [-0.15, -0.1) is 16.2 Å². The second-order valence-electron chi connectivity index (χ2n) is 1.71. The highest BCUT2D eigenvalue weighted by atomic mass is 79.9. The maximum Gasteiger partial charge on any atom is 0.262 e. The fraction of sp³-hybridized carbons (Fsp3) is 0. The molecule has 0 unspecified atom stereocenters. The molecule has 3 N–H and O–H groups in total. The van der Waals surface area contributed by atoms with Gasteiger partial charge in [0.15, 0.2) is 0 Å². The monoisotopic (exact) mass is 256 g/mol. The third-order valence-corrected chi connectivity index (χ3v) is 4.35. The van der Waals surface area contributed by atoms with Crippen molar-refractivity contribution in [2.24, 2.45) is 5.84 Å². The number of halogens is 1.